The number of H-pyrrole nitrogens is 1. The lowest BCUT2D eigenvalue weighted by atomic mass is 10.0. The molecule has 0 spiro atoms. The predicted octanol–water partition coefficient (Wildman–Crippen LogP) is 4.79. The summed E-state index contributed by atoms with van der Waals surface area (Å²) in [6, 6.07) is 12.8. The number of sulfonamides is 1. The first-order chi connectivity index (χ1) is 19.2. The fourth-order valence-electron chi connectivity index (χ4n) is 5.31. The van der Waals surface area contributed by atoms with E-state index in [1.54, 1.807) is 26.4 Å². The molecular formula is C28H35N5O6S. The second-order valence-corrected chi connectivity index (χ2v) is 12.3. The summed E-state index contributed by atoms with van der Waals surface area (Å²) >= 11 is 0. The van der Waals surface area contributed by atoms with Crippen LogP contribution in [0.2, 0.25) is 0 Å². The van der Waals surface area contributed by atoms with Gasteiger partial charge in [-0.2, -0.15) is 5.10 Å². The van der Waals surface area contributed by atoms with Gasteiger partial charge in [0.05, 0.1) is 32.2 Å². The fraction of sp³-hybridized carbons (Fsp3) is 0.429. The Balaban J connectivity index is 1.30. The average Bonchev–Trinajstić information content (AvgIpc) is 3.62. The lowest BCUT2D eigenvalue weighted by Crippen LogP contribution is -2.33. The number of aromatic amines is 1. The predicted molar refractivity (Wildman–Crippen MR) is 152 cm³/mol. The maximum Gasteiger partial charge on any atom is 0.407 e. The number of methoxy groups -OCH3 is 2. The molecular weight excluding hydrogens is 534 g/mol. The van der Waals surface area contributed by atoms with E-state index in [2.05, 4.69) is 20.8 Å². The summed E-state index contributed by atoms with van der Waals surface area (Å²) in [7, 11) is -0.481. The Morgan fingerprint density at radius 2 is 1.98 bits per heavy atom. The fourth-order valence-corrected chi connectivity index (χ4v) is 6.94. The normalized spacial score (nSPS) is 19.4. The quantitative estimate of drug-likeness (QED) is 0.335. The van der Waals surface area contributed by atoms with E-state index in [1.807, 2.05) is 44.2 Å². The second-order valence-electron chi connectivity index (χ2n) is 10.4. The number of hydrogen-bond donors (Lipinski definition) is 3. The average molecular weight is 570 g/mol. The van der Waals surface area contributed by atoms with Gasteiger partial charge in [0, 0.05) is 46.6 Å². The number of benzene rings is 2. The molecule has 3 aromatic rings. The van der Waals surface area contributed by atoms with Crippen LogP contribution < -0.4 is 24.4 Å². The SMILES string of the molecule is COc1ccc(CN2c3cccc(Nc4cc([C@H]5CC[C@@H](OC(=O)NC(C)C)C5)[nH]n4)c3CS2(=O)=O)c(OC)c1. The molecule has 1 fully saturated rings. The van der Waals surface area contributed by atoms with Gasteiger partial charge in [-0.25, -0.2) is 13.2 Å². The highest BCUT2D eigenvalue weighted by atomic mass is 32.2. The van der Waals surface area contributed by atoms with Crippen molar-refractivity contribution < 1.29 is 27.4 Å². The highest BCUT2D eigenvalue weighted by Crippen LogP contribution is 2.41. The molecule has 214 valence electrons. The number of nitrogens with zero attached hydrogens (tertiary/aromatic N) is 2. The van der Waals surface area contributed by atoms with E-state index in [0.29, 0.717) is 34.3 Å². The third-order valence-corrected chi connectivity index (χ3v) is 8.91. The molecule has 2 atom stereocenters. The molecule has 0 radical (unpaired) electrons. The maximum atomic E-state index is 13.3. The zero-order valence-corrected chi connectivity index (χ0v) is 23.9. The van der Waals surface area contributed by atoms with Crippen LogP contribution >= 0.6 is 0 Å². The lowest BCUT2D eigenvalue weighted by Gasteiger charge is -2.20. The van der Waals surface area contributed by atoms with Crippen LogP contribution in [-0.2, 0) is 27.1 Å². The zero-order valence-electron chi connectivity index (χ0n) is 23.1. The molecule has 1 aromatic heterocycles. The van der Waals surface area contributed by atoms with Gasteiger partial charge in [0.15, 0.2) is 5.82 Å². The third-order valence-electron chi connectivity index (χ3n) is 7.26. The van der Waals surface area contributed by atoms with Crippen LogP contribution in [0.4, 0.5) is 22.0 Å². The highest BCUT2D eigenvalue weighted by Gasteiger charge is 2.36. The molecule has 2 aliphatic rings. The van der Waals surface area contributed by atoms with Crippen molar-refractivity contribution in [2.75, 3.05) is 23.8 Å². The number of ether oxygens (including phenoxy) is 3. The van der Waals surface area contributed by atoms with Crippen molar-refractivity contribution in [1.82, 2.24) is 15.5 Å². The van der Waals surface area contributed by atoms with Crippen molar-refractivity contribution in [2.45, 2.75) is 63.5 Å². The Bertz CT molecular complexity index is 1490. The van der Waals surface area contributed by atoms with Crippen LogP contribution in [0.5, 0.6) is 11.5 Å². The van der Waals surface area contributed by atoms with Gasteiger partial charge < -0.3 is 24.8 Å². The van der Waals surface area contributed by atoms with Crippen LogP contribution in [0.15, 0.2) is 42.5 Å². The lowest BCUT2D eigenvalue weighted by molar-refractivity contribution is 0.0981. The first-order valence-electron chi connectivity index (χ1n) is 13.3. The molecule has 0 unspecified atom stereocenters. The molecule has 1 saturated carbocycles. The van der Waals surface area contributed by atoms with Gasteiger partial charge in [-0.05, 0) is 57.4 Å². The Morgan fingerprint density at radius 1 is 1.15 bits per heavy atom. The van der Waals surface area contributed by atoms with E-state index in [9.17, 15) is 13.2 Å². The summed E-state index contributed by atoms with van der Waals surface area (Å²) in [6.07, 6.45) is 1.86. The van der Waals surface area contributed by atoms with Crippen molar-refractivity contribution in [3.8, 4) is 11.5 Å². The first kappa shape index (κ1) is 27.6. The molecule has 2 heterocycles. The van der Waals surface area contributed by atoms with Crippen molar-refractivity contribution >= 4 is 33.3 Å². The standard InChI is InChI=1S/C28H35N5O6S/c1-17(2)29-28(34)39-21-11-8-18(12-21)24-14-27(32-31-24)30-23-6-5-7-25-22(23)16-40(35,36)33(25)15-19-9-10-20(37-3)13-26(19)38-4/h5-7,9-10,13-14,17-18,21H,8,11-12,15-16H2,1-4H3,(H,29,34)(H2,30,31,32)/t18-,21+/m0/s1. The Kier molecular flexibility index (Phi) is 7.79. The molecule has 2 aromatic carbocycles. The van der Waals surface area contributed by atoms with Crippen LogP contribution in [-0.4, -0.2) is 51.1 Å². The van der Waals surface area contributed by atoms with Gasteiger partial charge in [0.2, 0.25) is 10.0 Å². The van der Waals surface area contributed by atoms with Gasteiger partial charge in [0.1, 0.15) is 17.6 Å². The van der Waals surface area contributed by atoms with Crippen LogP contribution in [0.25, 0.3) is 0 Å². The number of fused-ring (bicyclic) bond motifs is 1. The molecule has 1 amide bonds. The van der Waals surface area contributed by atoms with Crippen molar-refractivity contribution in [3.63, 3.8) is 0 Å². The number of rotatable bonds is 9. The number of amides is 1. The molecule has 3 N–H and O–H groups in total. The van der Waals surface area contributed by atoms with Gasteiger partial charge in [0.25, 0.3) is 0 Å². The van der Waals surface area contributed by atoms with Crippen molar-refractivity contribution in [1.29, 1.82) is 0 Å². The summed E-state index contributed by atoms with van der Waals surface area (Å²) in [5.74, 6) is 1.85. The summed E-state index contributed by atoms with van der Waals surface area (Å²) in [5.41, 5.74) is 3.67. The molecule has 0 saturated heterocycles. The summed E-state index contributed by atoms with van der Waals surface area (Å²) in [6.45, 7) is 3.93. The third kappa shape index (κ3) is 5.81. The van der Waals surface area contributed by atoms with Crippen molar-refractivity contribution in [2.24, 2.45) is 0 Å². The van der Waals surface area contributed by atoms with E-state index in [0.717, 1.165) is 30.5 Å². The van der Waals surface area contributed by atoms with Crippen LogP contribution in [0, 0.1) is 0 Å². The van der Waals surface area contributed by atoms with Crippen LogP contribution in [0.1, 0.15) is 55.8 Å². The summed E-state index contributed by atoms with van der Waals surface area (Å²) in [5, 5.41) is 13.6. The second kappa shape index (κ2) is 11.3. The van der Waals surface area contributed by atoms with E-state index >= 15 is 0 Å². The molecule has 5 rings (SSSR count). The largest absolute Gasteiger partial charge is 0.497 e. The summed E-state index contributed by atoms with van der Waals surface area (Å²) < 4.78 is 44.3. The first-order valence-corrected chi connectivity index (χ1v) is 14.9. The van der Waals surface area contributed by atoms with E-state index in [1.165, 1.54) is 4.31 Å². The van der Waals surface area contributed by atoms with Gasteiger partial charge in [-0.3, -0.25) is 9.40 Å². The van der Waals surface area contributed by atoms with E-state index < -0.39 is 10.0 Å². The zero-order chi connectivity index (χ0) is 28.4. The molecule has 12 heteroatoms. The Morgan fingerprint density at radius 3 is 2.73 bits per heavy atom. The van der Waals surface area contributed by atoms with Crippen molar-refractivity contribution in [3.05, 3.63) is 59.3 Å². The molecule has 0 bridgehead atoms. The molecule has 11 nitrogen and oxygen atoms in total. The Labute approximate surface area is 234 Å². The molecule has 1 aliphatic carbocycles. The number of nitrogens with one attached hydrogen (secondary N) is 3. The minimum absolute atomic E-state index is 0.0257. The molecule has 40 heavy (non-hydrogen) atoms. The smallest absolute Gasteiger partial charge is 0.407 e. The minimum atomic E-state index is -3.60. The minimum Gasteiger partial charge on any atom is -0.497 e. The van der Waals surface area contributed by atoms with Gasteiger partial charge in [-0.15, -0.1) is 0 Å². The molecule has 1 aliphatic heterocycles. The highest BCUT2D eigenvalue weighted by molar-refractivity contribution is 7.92. The number of aromatic nitrogens is 2. The topological polar surface area (TPSA) is 135 Å². The van der Waals surface area contributed by atoms with E-state index in [-0.39, 0.29) is 36.5 Å². The van der Waals surface area contributed by atoms with E-state index in [4.69, 9.17) is 14.2 Å². The number of alkyl carbamates (subject to hydrolysis) is 1. The van der Waals surface area contributed by atoms with Crippen LogP contribution in [0.3, 0.4) is 0 Å². The number of carbonyl (C=O) groups excluding carboxylic acids is 1. The maximum absolute atomic E-state index is 13.3. The monoisotopic (exact) mass is 569 g/mol. The summed E-state index contributed by atoms with van der Waals surface area (Å²) in [4.78, 5) is 12.0. The number of anilines is 3. The van der Waals surface area contributed by atoms with Gasteiger partial charge in [-0.1, -0.05) is 6.07 Å². The number of carbonyl (C=O) groups is 1. The number of hydrogen-bond acceptors (Lipinski definition) is 8. The van der Waals surface area contributed by atoms with Gasteiger partial charge >= 0.3 is 6.09 Å². The Hall–Kier alpha value is -3.93.